The average molecular weight is 230 g/mol. The van der Waals surface area contributed by atoms with Gasteiger partial charge in [-0.15, -0.1) is 0 Å². The number of nitrogens with zero attached hydrogens (tertiary/aromatic N) is 4. The van der Waals surface area contributed by atoms with E-state index >= 15 is 0 Å². The van der Waals surface area contributed by atoms with E-state index in [0.29, 0.717) is 5.82 Å². The normalized spacial score (nSPS) is 10.2. The molecular formula is C10H10N6O. The fraction of sp³-hybridized carbons (Fsp3) is 0.100. The van der Waals surface area contributed by atoms with Crippen LogP contribution >= 0.6 is 0 Å². The zero-order valence-electron chi connectivity index (χ0n) is 9.08. The van der Waals surface area contributed by atoms with Crippen molar-refractivity contribution in [1.29, 1.82) is 0 Å². The molecule has 0 aliphatic carbocycles. The first-order chi connectivity index (χ1) is 8.08. The van der Waals surface area contributed by atoms with Gasteiger partial charge in [-0.1, -0.05) is 0 Å². The van der Waals surface area contributed by atoms with Gasteiger partial charge in [-0.05, 0) is 12.5 Å². The van der Waals surface area contributed by atoms with Crippen molar-refractivity contribution in [3.05, 3.63) is 29.7 Å². The summed E-state index contributed by atoms with van der Waals surface area (Å²) in [5, 5.41) is 0. The largest absolute Gasteiger partial charge is 0.383 e. The maximum Gasteiger partial charge on any atom is 0.254 e. The number of carbonyl (C=O) groups excluding carboxylic acids is 1. The van der Waals surface area contributed by atoms with Crippen LogP contribution < -0.4 is 11.5 Å². The summed E-state index contributed by atoms with van der Waals surface area (Å²) < 4.78 is 0. The summed E-state index contributed by atoms with van der Waals surface area (Å²) in [6.07, 6.45) is 4.55. The van der Waals surface area contributed by atoms with E-state index < -0.39 is 5.91 Å². The molecule has 0 atom stereocenters. The smallest absolute Gasteiger partial charge is 0.254 e. The Bertz CT molecular complexity index is 566. The van der Waals surface area contributed by atoms with E-state index in [-0.39, 0.29) is 17.2 Å². The fourth-order valence-electron chi connectivity index (χ4n) is 1.20. The fourth-order valence-corrected chi connectivity index (χ4v) is 1.20. The highest BCUT2D eigenvalue weighted by atomic mass is 16.1. The molecule has 2 heterocycles. The highest BCUT2D eigenvalue weighted by Crippen LogP contribution is 2.13. The summed E-state index contributed by atoms with van der Waals surface area (Å²) in [7, 11) is 0. The van der Waals surface area contributed by atoms with Crippen LogP contribution in [0.4, 0.5) is 5.82 Å². The Hall–Kier alpha value is -2.57. The summed E-state index contributed by atoms with van der Waals surface area (Å²) in [4.78, 5) is 26.9. The molecule has 0 aromatic carbocycles. The molecule has 0 fully saturated rings. The van der Waals surface area contributed by atoms with Crippen molar-refractivity contribution < 1.29 is 4.79 Å². The first-order valence-corrected chi connectivity index (χ1v) is 4.79. The molecule has 2 aromatic rings. The third kappa shape index (κ3) is 2.17. The minimum atomic E-state index is -0.668. The van der Waals surface area contributed by atoms with Crippen LogP contribution in [-0.2, 0) is 0 Å². The van der Waals surface area contributed by atoms with Crippen molar-refractivity contribution in [3.8, 4) is 11.6 Å². The standard InChI is InChI=1S/C10H10N6O/c1-5-2-13-9(14-3-5)10-15-4-6(8(12)17)7(11)16-10/h2-4H,1H3,(H2,12,17)(H2,11,15,16). The van der Waals surface area contributed by atoms with Crippen molar-refractivity contribution in [2.24, 2.45) is 5.73 Å². The van der Waals surface area contributed by atoms with E-state index in [2.05, 4.69) is 19.9 Å². The van der Waals surface area contributed by atoms with Crippen LogP contribution in [0.5, 0.6) is 0 Å². The third-order valence-electron chi connectivity index (χ3n) is 2.06. The third-order valence-corrected chi connectivity index (χ3v) is 2.06. The highest BCUT2D eigenvalue weighted by molar-refractivity contribution is 5.96. The van der Waals surface area contributed by atoms with E-state index in [1.165, 1.54) is 6.20 Å². The Balaban J connectivity index is 2.44. The minimum Gasteiger partial charge on any atom is -0.383 e. The quantitative estimate of drug-likeness (QED) is 0.744. The van der Waals surface area contributed by atoms with Crippen molar-refractivity contribution >= 4 is 11.7 Å². The minimum absolute atomic E-state index is 0.0201. The SMILES string of the molecule is Cc1cnc(-c2ncc(C(N)=O)c(N)n2)nc1. The number of aryl methyl sites for hydroxylation is 1. The van der Waals surface area contributed by atoms with Crippen LogP contribution in [-0.4, -0.2) is 25.8 Å². The van der Waals surface area contributed by atoms with Crippen molar-refractivity contribution in [2.45, 2.75) is 6.92 Å². The molecule has 0 aliphatic heterocycles. The number of nitrogen functional groups attached to an aromatic ring is 1. The maximum absolute atomic E-state index is 10.9. The summed E-state index contributed by atoms with van der Waals surface area (Å²) in [6.45, 7) is 1.87. The van der Waals surface area contributed by atoms with E-state index in [0.717, 1.165) is 5.56 Å². The Morgan fingerprint density at radius 2 is 1.71 bits per heavy atom. The van der Waals surface area contributed by atoms with Gasteiger partial charge in [-0.25, -0.2) is 19.9 Å². The van der Waals surface area contributed by atoms with Gasteiger partial charge in [-0.3, -0.25) is 4.79 Å². The molecule has 2 aromatic heterocycles. The second kappa shape index (κ2) is 4.12. The predicted octanol–water partition coefficient (Wildman–Crippen LogP) is -0.0769. The lowest BCUT2D eigenvalue weighted by Gasteiger charge is -2.02. The van der Waals surface area contributed by atoms with E-state index in [1.807, 2.05) is 6.92 Å². The molecular weight excluding hydrogens is 220 g/mol. The van der Waals surface area contributed by atoms with Crippen LogP contribution in [0, 0.1) is 6.92 Å². The molecule has 0 unspecified atom stereocenters. The number of primary amides is 1. The van der Waals surface area contributed by atoms with Crippen LogP contribution in [0.3, 0.4) is 0 Å². The molecule has 86 valence electrons. The molecule has 1 amide bonds. The molecule has 4 N–H and O–H groups in total. The van der Waals surface area contributed by atoms with Gasteiger partial charge in [0.05, 0.1) is 5.56 Å². The molecule has 0 bridgehead atoms. The second-order valence-electron chi connectivity index (χ2n) is 3.44. The molecule has 0 saturated heterocycles. The van der Waals surface area contributed by atoms with Gasteiger partial charge >= 0.3 is 0 Å². The first kappa shape index (κ1) is 10.9. The number of nitrogens with two attached hydrogens (primary N) is 2. The monoisotopic (exact) mass is 230 g/mol. The van der Waals surface area contributed by atoms with Gasteiger partial charge < -0.3 is 11.5 Å². The summed E-state index contributed by atoms with van der Waals surface area (Å²) >= 11 is 0. The van der Waals surface area contributed by atoms with Gasteiger partial charge in [0, 0.05) is 18.6 Å². The topological polar surface area (TPSA) is 121 Å². The first-order valence-electron chi connectivity index (χ1n) is 4.79. The average Bonchev–Trinajstić information content (AvgIpc) is 2.29. The summed E-state index contributed by atoms with van der Waals surface area (Å²) in [5.41, 5.74) is 11.7. The van der Waals surface area contributed by atoms with Gasteiger partial charge in [0.2, 0.25) is 0 Å². The Labute approximate surface area is 96.9 Å². The van der Waals surface area contributed by atoms with E-state index in [4.69, 9.17) is 11.5 Å². The van der Waals surface area contributed by atoms with Gasteiger partial charge in [0.15, 0.2) is 11.6 Å². The number of carbonyl (C=O) groups is 1. The Kier molecular flexibility index (Phi) is 2.65. The van der Waals surface area contributed by atoms with Crippen molar-refractivity contribution in [1.82, 2.24) is 19.9 Å². The van der Waals surface area contributed by atoms with Gasteiger partial charge in [0.25, 0.3) is 5.91 Å². The summed E-state index contributed by atoms with van der Waals surface area (Å²) in [6, 6.07) is 0. The van der Waals surface area contributed by atoms with Crippen LogP contribution in [0.25, 0.3) is 11.6 Å². The Morgan fingerprint density at radius 3 is 2.24 bits per heavy atom. The number of amides is 1. The lowest BCUT2D eigenvalue weighted by atomic mass is 10.3. The number of rotatable bonds is 2. The molecule has 17 heavy (non-hydrogen) atoms. The lowest BCUT2D eigenvalue weighted by Crippen LogP contribution is -2.15. The number of hydrogen-bond acceptors (Lipinski definition) is 6. The van der Waals surface area contributed by atoms with Crippen molar-refractivity contribution in [3.63, 3.8) is 0 Å². The van der Waals surface area contributed by atoms with Crippen LogP contribution in [0.1, 0.15) is 15.9 Å². The van der Waals surface area contributed by atoms with Gasteiger partial charge in [-0.2, -0.15) is 0 Å². The zero-order chi connectivity index (χ0) is 12.4. The molecule has 7 heteroatoms. The molecule has 0 aliphatic rings. The molecule has 7 nitrogen and oxygen atoms in total. The van der Waals surface area contributed by atoms with Gasteiger partial charge in [0.1, 0.15) is 5.82 Å². The molecule has 2 rings (SSSR count). The van der Waals surface area contributed by atoms with Crippen LogP contribution in [0.2, 0.25) is 0 Å². The molecule has 0 radical (unpaired) electrons. The van der Waals surface area contributed by atoms with Crippen molar-refractivity contribution in [2.75, 3.05) is 5.73 Å². The highest BCUT2D eigenvalue weighted by Gasteiger charge is 2.11. The maximum atomic E-state index is 10.9. The lowest BCUT2D eigenvalue weighted by molar-refractivity contribution is 0.100. The van der Waals surface area contributed by atoms with Crippen LogP contribution in [0.15, 0.2) is 18.6 Å². The van der Waals surface area contributed by atoms with E-state index in [1.54, 1.807) is 12.4 Å². The molecule has 0 saturated carbocycles. The zero-order valence-corrected chi connectivity index (χ0v) is 9.08. The Morgan fingerprint density at radius 1 is 1.12 bits per heavy atom. The number of aromatic nitrogens is 4. The number of hydrogen-bond donors (Lipinski definition) is 2. The van der Waals surface area contributed by atoms with E-state index in [9.17, 15) is 4.79 Å². The predicted molar refractivity (Wildman–Crippen MR) is 60.7 cm³/mol. The second-order valence-corrected chi connectivity index (χ2v) is 3.44. The number of anilines is 1. The molecule has 0 spiro atoms. The summed E-state index contributed by atoms with van der Waals surface area (Å²) in [5.74, 6) is -0.0450.